The summed E-state index contributed by atoms with van der Waals surface area (Å²) in [6, 6.07) is 10.9. The smallest absolute Gasteiger partial charge is 0.121 e. The monoisotopic (exact) mass is 268 g/mol. The Labute approximate surface area is 120 Å². The highest BCUT2D eigenvalue weighted by atomic mass is 16.5. The Balaban J connectivity index is 1.74. The lowest BCUT2D eigenvalue weighted by molar-refractivity contribution is 0.306. The van der Waals surface area contributed by atoms with E-state index in [-0.39, 0.29) is 0 Å². The number of rotatable bonds is 4. The van der Waals surface area contributed by atoms with E-state index in [1.165, 1.54) is 11.3 Å². The molecular formula is C17H20N2O. The van der Waals surface area contributed by atoms with E-state index in [0.717, 1.165) is 24.3 Å². The van der Waals surface area contributed by atoms with Crippen molar-refractivity contribution < 1.29 is 4.74 Å². The zero-order chi connectivity index (χ0) is 13.9. The molecule has 3 heteroatoms. The summed E-state index contributed by atoms with van der Waals surface area (Å²) in [4.78, 5) is 6.54. The van der Waals surface area contributed by atoms with Gasteiger partial charge in [0.15, 0.2) is 0 Å². The minimum absolute atomic E-state index is 0.532. The lowest BCUT2D eigenvalue weighted by Gasteiger charge is -2.24. The average molecular weight is 268 g/mol. The van der Waals surface area contributed by atoms with Crippen molar-refractivity contribution in [3.8, 4) is 5.75 Å². The van der Waals surface area contributed by atoms with Crippen molar-refractivity contribution in [2.75, 3.05) is 11.4 Å². The second-order valence-corrected chi connectivity index (χ2v) is 5.48. The molecule has 0 N–H and O–H groups in total. The average Bonchev–Trinajstić information content (AvgIpc) is 2.89. The van der Waals surface area contributed by atoms with Gasteiger partial charge in [-0.25, -0.2) is 0 Å². The number of benzene rings is 1. The summed E-state index contributed by atoms with van der Waals surface area (Å²) in [5.41, 5.74) is 3.84. The Kier molecular flexibility index (Phi) is 3.59. The fourth-order valence-electron chi connectivity index (χ4n) is 2.66. The second kappa shape index (κ2) is 5.53. The van der Waals surface area contributed by atoms with E-state index in [1.807, 2.05) is 18.3 Å². The van der Waals surface area contributed by atoms with Crippen LogP contribution in [0, 0.1) is 0 Å². The van der Waals surface area contributed by atoms with Crippen molar-refractivity contribution in [2.24, 2.45) is 0 Å². The largest absolute Gasteiger partial charge is 0.489 e. The van der Waals surface area contributed by atoms with Crippen LogP contribution >= 0.6 is 0 Å². The number of anilines is 1. The molecule has 3 rings (SSSR count). The van der Waals surface area contributed by atoms with Gasteiger partial charge in [0.05, 0.1) is 0 Å². The van der Waals surface area contributed by atoms with Gasteiger partial charge in [-0.15, -0.1) is 0 Å². The summed E-state index contributed by atoms with van der Waals surface area (Å²) in [6.07, 6.45) is 4.75. The van der Waals surface area contributed by atoms with Gasteiger partial charge in [0.25, 0.3) is 0 Å². The van der Waals surface area contributed by atoms with Gasteiger partial charge in [0, 0.05) is 42.3 Å². The van der Waals surface area contributed by atoms with Gasteiger partial charge in [-0.2, -0.15) is 0 Å². The van der Waals surface area contributed by atoms with Crippen molar-refractivity contribution in [1.29, 1.82) is 0 Å². The van der Waals surface area contributed by atoms with E-state index in [9.17, 15) is 0 Å². The fraction of sp³-hybridized carbons (Fsp3) is 0.353. The molecule has 3 nitrogen and oxygen atoms in total. The van der Waals surface area contributed by atoms with Gasteiger partial charge >= 0.3 is 0 Å². The Bertz CT molecular complexity index is 581. The molecule has 0 aliphatic carbocycles. The molecule has 1 aromatic heterocycles. The first-order chi connectivity index (χ1) is 9.74. The van der Waals surface area contributed by atoms with Crippen LogP contribution in [0.4, 0.5) is 5.69 Å². The third kappa shape index (κ3) is 2.62. The molecule has 0 amide bonds. The van der Waals surface area contributed by atoms with Crippen LogP contribution in [-0.2, 0) is 13.0 Å². The normalized spacial score (nSPS) is 13.7. The highest BCUT2D eigenvalue weighted by molar-refractivity contribution is 5.61. The first kappa shape index (κ1) is 13.0. The summed E-state index contributed by atoms with van der Waals surface area (Å²) < 4.78 is 5.88. The van der Waals surface area contributed by atoms with Crippen molar-refractivity contribution in [3.05, 3.63) is 53.9 Å². The first-order valence-electron chi connectivity index (χ1n) is 7.15. The molecule has 0 fully saturated rings. The predicted octanol–water partition coefficient (Wildman–Crippen LogP) is 3.43. The van der Waals surface area contributed by atoms with Gasteiger partial charge in [0.2, 0.25) is 0 Å². The van der Waals surface area contributed by atoms with Crippen LogP contribution in [0.25, 0.3) is 0 Å². The summed E-state index contributed by atoms with van der Waals surface area (Å²) in [6.45, 7) is 6.14. The Hall–Kier alpha value is -2.03. The molecule has 0 unspecified atom stereocenters. The number of hydrogen-bond donors (Lipinski definition) is 0. The van der Waals surface area contributed by atoms with Crippen molar-refractivity contribution in [3.63, 3.8) is 0 Å². The van der Waals surface area contributed by atoms with E-state index in [4.69, 9.17) is 4.74 Å². The third-order valence-corrected chi connectivity index (χ3v) is 3.74. The zero-order valence-electron chi connectivity index (χ0n) is 12.0. The number of hydrogen-bond acceptors (Lipinski definition) is 3. The molecule has 0 atom stereocenters. The van der Waals surface area contributed by atoms with Gasteiger partial charge in [0.1, 0.15) is 12.4 Å². The first-order valence-corrected chi connectivity index (χ1v) is 7.15. The highest BCUT2D eigenvalue weighted by Crippen LogP contribution is 2.33. The van der Waals surface area contributed by atoms with Gasteiger partial charge < -0.3 is 9.64 Å². The molecular weight excluding hydrogens is 248 g/mol. The van der Waals surface area contributed by atoms with E-state index in [0.29, 0.717) is 12.6 Å². The quantitative estimate of drug-likeness (QED) is 0.849. The molecule has 2 aromatic rings. The van der Waals surface area contributed by atoms with Crippen LogP contribution in [-0.4, -0.2) is 17.6 Å². The molecule has 20 heavy (non-hydrogen) atoms. The molecule has 0 spiro atoms. The maximum atomic E-state index is 5.88. The van der Waals surface area contributed by atoms with Crippen LogP contribution in [0.3, 0.4) is 0 Å². The fourth-order valence-corrected chi connectivity index (χ4v) is 2.66. The number of aromatic nitrogens is 1. The van der Waals surface area contributed by atoms with Crippen LogP contribution in [0.2, 0.25) is 0 Å². The van der Waals surface area contributed by atoms with Gasteiger partial charge in [-0.05, 0) is 38.0 Å². The SMILES string of the molecule is CC(C)N1CCc2ccc(OCc3cccnc3)cc21. The zero-order valence-corrected chi connectivity index (χ0v) is 12.0. The second-order valence-electron chi connectivity index (χ2n) is 5.48. The maximum Gasteiger partial charge on any atom is 0.121 e. The predicted molar refractivity (Wildman–Crippen MR) is 81.2 cm³/mol. The van der Waals surface area contributed by atoms with Crippen molar-refractivity contribution in [1.82, 2.24) is 4.98 Å². The van der Waals surface area contributed by atoms with E-state index in [1.54, 1.807) is 6.20 Å². The van der Waals surface area contributed by atoms with E-state index < -0.39 is 0 Å². The molecule has 0 bridgehead atoms. The molecule has 1 aliphatic rings. The molecule has 0 saturated carbocycles. The summed E-state index contributed by atoms with van der Waals surface area (Å²) in [5, 5.41) is 0. The molecule has 2 heterocycles. The number of fused-ring (bicyclic) bond motifs is 1. The lowest BCUT2D eigenvalue weighted by atomic mass is 10.1. The Morgan fingerprint density at radius 1 is 1.30 bits per heavy atom. The van der Waals surface area contributed by atoms with Gasteiger partial charge in [-0.3, -0.25) is 4.98 Å². The Morgan fingerprint density at radius 3 is 2.95 bits per heavy atom. The van der Waals surface area contributed by atoms with Crippen LogP contribution in [0.5, 0.6) is 5.75 Å². The number of nitrogens with zero attached hydrogens (tertiary/aromatic N) is 2. The molecule has 1 aliphatic heterocycles. The third-order valence-electron chi connectivity index (χ3n) is 3.74. The summed E-state index contributed by atoms with van der Waals surface area (Å²) >= 11 is 0. The van der Waals surface area contributed by atoms with Crippen molar-refractivity contribution >= 4 is 5.69 Å². The van der Waals surface area contributed by atoms with Gasteiger partial charge in [-0.1, -0.05) is 12.1 Å². The maximum absolute atomic E-state index is 5.88. The van der Waals surface area contributed by atoms with Crippen LogP contribution in [0.15, 0.2) is 42.7 Å². The van der Waals surface area contributed by atoms with Crippen LogP contribution < -0.4 is 9.64 Å². The highest BCUT2D eigenvalue weighted by Gasteiger charge is 2.21. The van der Waals surface area contributed by atoms with Crippen molar-refractivity contribution in [2.45, 2.75) is 32.9 Å². The van der Waals surface area contributed by atoms with Crippen LogP contribution in [0.1, 0.15) is 25.0 Å². The molecule has 104 valence electrons. The Morgan fingerprint density at radius 2 is 2.20 bits per heavy atom. The lowest BCUT2D eigenvalue weighted by Crippen LogP contribution is -2.28. The molecule has 0 saturated heterocycles. The topological polar surface area (TPSA) is 25.4 Å². The number of pyridine rings is 1. The van der Waals surface area contributed by atoms with E-state index in [2.05, 4.69) is 41.9 Å². The standard InChI is InChI=1S/C17H20N2O/c1-13(2)19-9-7-15-5-6-16(10-17(15)19)20-12-14-4-3-8-18-11-14/h3-6,8,10-11,13H,7,9,12H2,1-2H3. The number of ether oxygens (including phenoxy) is 1. The minimum atomic E-state index is 0.532. The summed E-state index contributed by atoms with van der Waals surface area (Å²) in [7, 11) is 0. The summed E-state index contributed by atoms with van der Waals surface area (Å²) in [5.74, 6) is 0.931. The van der Waals surface area contributed by atoms with E-state index >= 15 is 0 Å². The molecule has 0 radical (unpaired) electrons. The minimum Gasteiger partial charge on any atom is -0.489 e. The molecule has 1 aromatic carbocycles.